The Morgan fingerprint density at radius 2 is 0.537 bits per heavy atom. The molecule has 0 aliphatic heterocycles. The molecule has 0 aliphatic rings. The number of rotatable bonds is 54. The molecule has 0 aromatic heterocycles. The number of esters is 3. The Labute approximate surface area is 416 Å². The molecule has 0 fully saturated rings. The van der Waals surface area contributed by atoms with Gasteiger partial charge in [0.2, 0.25) is 0 Å². The van der Waals surface area contributed by atoms with Crippen LogP contribution in [0.15, 0.2) is 36.5 Å². The van der Waals surface area contributed by atoms with Crippen LogP contribution in [0.1, 0.15) is 316 Å². The fourth-order valence-corrected chi connectivity index (χ4v) is 8.65. The summed E-state index contributed by atoms with van der Waals surface area (Å²) < 4.78 is 16.9. The average Bonchev–Trinajstić information content (AvgIpc) is 3.33. The summed E-state index contributed by atoms with van der Waals surface area (Å²) in [6.45, 7) is 6.63. The standard InChI is InChI=1S/C61H112O6/c1-4-7-10-13-16-19-22-25-27-29-31-33-34-36-39-42-45-48-51-54-60(63)66-57-58(56-65-59(62)53-50-47-44-41-38-24-21-18-15-12-9-6-3)67-61(64)55-52-49-46-43-40-37-35-32-30-28-26-23-20-17-14-11-8-5-2/h16,18-19,21,25,27,58H,4-15,17,20,22-24,26,28-57H2,1-3H3/b19-16-,21-18-,27-25-. The number of hydrogen-bond acceptors (Lipinski definition) is 6. The second-order valence-corrected chi connectivity index (χ2v) is 19.9. The van der Waals surface area contributed by atoms with Crippen LogP contribution in [0.2, 0.25) is 0 Å². The molecular formula is C61H112O6. The SMILES string of the molecule is CCCCC/C=C\C/C=C\CCCCCCCCCCCC(=O)OCC(COC(=O)CCCCCCC/C=C\CCCCC)OC(=O)CCCCCCCCCCCCCCCCCCCC. The highest BCUT2D eigenvalue weighted by Crippen LogP contribution is 2.17. The van der Waals surface area contributed by atoms with E-state index >= 15 is 0 Å². The highest BCUT2D eigenvalue weighted by molar-refractivity contribution is 5.71. The molecule has 0 saturated heterocycles. The van der Waals surface area contributed by atoms with E-state index in [2.05, 4.69) is 57.2 Å². The van der Waals surface area contributed by atoms with Gasteiger partial charge in [-0.05, 0) is 77.0 Å². The van der Waals surface area contributed by atoms with Crippen molar-refractivity contribution >= 4 is 17.9 Å². The molecule has 0 radical (unpaired) electrons. The topological polar surface area (TPSA) is 78.9 Å². The summed E-state index contributed by atoms with van der Waals surface area (Å²) in [4.78, 5) is 38.1. The van der Waals surface area contributed by atoms with E-state index in [9.17, 15) is 14.4 Å². The van der Waals surface area contributed by atoms with Crippen LogP contribution >= 0.6 is 0 Å². The first-order valence-electron chi connectivity index (χ1n) is 29.5. The molecule has 0 amide bonds. The predicted octanol–water partition coefficient (Wildman–Crippen LogP) is 19.7. The van der Waals surface area contributed by atoms with E-state index < -0.39 is 6.10 Å². The molecule has 1 atom stereocenters. The molecule has 0 saturated carbocycles. The summed E-state index contributed by atoms with van der Waals surface area (Å²) >= 11 is 0. The lowest BCUT2D eigenvalue weighted by Crippen LogP contribution is -2.30. The van der Waals surface area contributed by atoms with E-state index in [1.54, 1.807) is 0 Å². The van der Waals surface area contributed by atoms with Crippen LogP contribution < -0.4 is 0 Å². The van der Waals surface area contributed by atoms with Gasteiger partial charge >= 0.3 is 17.9 Å². The van der Waals surface area contributed by atoms with E-state index in [4.69, 9.17) is 14.2 Å². The van der Waals surface area contributed by atoms with Crippen LogP contribution in [0, 0.1) is 0 Å². The van der Waals surface area contributed by atoms with Gasteiger partial charge in [0, 0.05) is 19.3 Å². The Morgan fingerprint density at radius 3 is 0.866 bits per heavy atom. The molecule has 0 spiro atoms. The Hall–Kier alpha value is -2.37. The molecule has 1 unspecified atom stereocenters. The van der Waals surface area contributed by atoms with E-state index in [0.717, 1.165) is 70.6 Å². The quantitative estimate of drug-likeness (QED) is 0.0262. The third kappa shape index (κ3) is 54.4. The first-order valence-corrected chi connectivity index (χ1v) is 29.5. The molecule has 6 nitrogen and oxygen atoms in total. The molecule has 0 N–H and O–H groups in total. The van der Waals surface area contributed by atoms with Crippen molar-refractivity contribution < 1.29 is 28.6 Å². The molecule has 0 aromatic carbocycles. The Morgan fingerprint density at radius 1 is 0.299 bits per heavy atom. The van der Waals surface area contributed by atoms with Gasteiger partial charge in [-0.1, -0.05) is 256 Å². The van der Waals surface area contributed by atoms with Crippen LogP contribution in [0.25, 0.3) is 0 Å². The van der Waals surface area contributed by atoms with Gasteiger partial charge in [-0.25, -0.2) is 0 Å². The summed E-state index contributed by atoms with van der Waals surface area (Å²) in [5.74, 6) is -0.868. The first kappa shape index (κ1) is 64.6. The van der Waals surface area contributed by atoms with Gasteiger partial charge in [0.25, 0.3) is 0 Å². The molecule has 0 rings (SSSR count). The second-order valence-electron chi connectivity index (χ2n) is 19.9. The van der Waals surface area contributed by atoms with Crippen molar-refractivity contribution in [3.8, 4) is 0 Å². The minimum atomic E-state index is -0.774. The maximum absolute atomic E-state index is 12.9. The highest BCUT2D eigenvalue weighted by atomic mass is 16.6. The lowest BCUT2D eigenvalue weighted by molar-refractivity contribution is -0.167. The van der Waals surface area contributed by atoms with Gasteiger partial charge in [-0.2, -0.15) is 0 Å². The number of hydrogen-bond donors (Lipinski definition) is 0. The molecule has 67 heavy (non-hydrogen) atoms. The monoisotopic (exact) mass is 941 g/mol. The number of unbranched alkanes of at least 4 members (excludes halogenated alkanes) is 37. The van der Waals surface area contributed by atoms with E-state index in [-0.39, 0.29) is 31.1 Å². The van der Waals surface area contributed by atoms with Gasteiger partial charge in [0.05, 0.1) is 0 Å². The molecule has 392 valence electrons. The van der Waals surface area contributed by atoms with Gasteiger partial charge < -0.3 is 14.2 Å². The number of carbonyl (C=O) groups is 3. The van der Waals surface area contributed by atoms with Crippen LogP contribution in [-0.2, 0) is 28.6 Å². The maximum Gasteiger partial charge on any atom is 0.306 e. The number of allylic oxidation sites excluding steroid dienone is 6. The second kappa shape index (κ2) is 56.2. The Kier molecular flexibility index (Phi) is 54.2. The zero-order valence-electron chi connectivity index (χ0n) is 44.9. The number of ether oxygens (including phenoxy) is 3. The van der Waals surface area contributed by atoms with Crippen molar-refractivity contribution in [2.75, 3.05) is 13.2 Å². The van der Waals surface area contributed by atoms with Gasteiger partial charge in [0.1, 0.15) is 13.2 Å². The van der Waals surface area contributed by atoms with E-state index in [1.165, 1.54) is 205 Å². The van der Waals surface area contributed by atoms with Gasteiger partial charge in [-0.15, -0.1) is 0 Å². The molecule has 6 heteroatoms. The Balaban J connectivity index is 4.31. The largest absolute Gasteiger partial charge is 0.462 e. The van der Waals surface area contributed by atoms with Crippen LogP contribution in [0.4, 0.5) is 0 Å². The zero-order valence-corrected chi connectivity index (χ0v) is 44.9. The smallest absolute Gasteiger partial charge is 0.306 e. The molecule has 0 aromatic rings. The summed E-state index contributed by atoms with van der Waals surface area (Å²) in [5.41, 5.74) is 0. The molecular weight excluding hydrogens is 829 g/mol. The van der Waals surface area contributed by atoms with Gasteiger partial charge in [0.15, 0.2) is 6.10 Å². The van der Waals surface area contributed by atoms with Crippen molar-refractivity contribution in [3.63, 3.8) is 0 Å². The summed E-state index contributed by atoms with van der Waals surface area (Å²) in [6, 6.07) is 0. The Bertz CT molecular complexity index is 1130. The summed E-state index contributed by atoms with van der Waals surface area (Å²) in [5, 5.41) is 0. The van der Waals surface area contributed by atoms with Gasteiger partial charge in [-0.3, -0.25) is 14.4 Å². The molecule has 0 bridgehead atoms. The lowest BCUT2D eigenvalue weighted by Gasteiger charge is -2.18. The number of carbonyl (C=O) groups excluding carboxylic acids is 3. The minimum absolute atomic E-state index is 0.0734. The zero-order chi connectivity index (χ0) is 48.6. The lowest BCUT2D eigenvalue weighted by atomic mass is 10.0. The first-order chi connectivity index (χ1) is 33.0. The normalized spacial score (nSPS) is 12.2. The van der Waals surface area contributed by atoms with Crippen LogP contribution in [0.5, 0.6) is 0 Å². The molecule has 0 aliphatic carbocycles. The van der Waals surface area contributed by atoms with Crippen molar-refractivity contribution in [1.82, 2.24) is 0 Å². The molecule has 0 heterocycles. The predicted molar refractivity (Wildman–Crippen MR) is 289 cm³/mol. The average molecular weight is 942 g/mol. The van der Waals surface area contributed by atoms with Crippen molar-refractivity contribution in [2.24, 2.45) is 0 Å². The van der Waals surface area contributed by atoms with Crippen molar-refractivity contribution in [1.29, 1.82) is 0 Å². The van der Waals surface area contributed by atoms with E-state index in [0.29, 0.717) is 19.3 Å². The van der Waals surface area contributed by atoms with Crippen molar-refractivity contribution in [3.05, 3.63) is 36.5 Å². The van der Waals surface area contributed by atoms with E-state index in [1.807, 2.05) is 0 Å². The highest BCUT2D eigenvalue weighted by Gasteiger charge is 2.19. The van der Waals surface area contributed by atoms with Crippen molar-refractivity contribution in [2.45, 2.75) is 322 Å². The van der Waals surface area contributed by atoms with Crippen LogP contribution in [-0.4, -0.2) is 37.2 Å². The fraction of sp³-hybridized carbons (Fsp3) is 0.852. The van der Waals surface area contributed by atoms with Crippen LogP contribution in [0.3, 0.4) is 0 Å². The third-order valence-corrected chi connectivity index (χ3v) is 13.1. The fourth-order valence-electron chi connectivity index (χ4n) is 8.65. The minimum Gasteiger partial charge on any atom is -0.462 e. The maximum atomic E-state index is 12.9. The third-order valence-electron chi connectivity index (χ3n) is 13.1. The summed E-state index contributed by atoms with van der Waals surface area (Å²) in [6.07, 6.45) is 67.1. The summed E-state index contributed by atoms with van der Waals surface area (Å²) in [7, 11) is 0.